The van der Waals surface area contributed by atoms with Crippen molar-refractivity contribution in [2.45, 2.75) is 47.5 Å². The van der Waals surface area contributed by atoms with Gasteiger partial charge in [0, 0.05) is 18.7 Å². The molecule has 0 aromatic heterocycles. The zero-order valence-corrected chi connectivity index (χ0v) is 10.7. The Bertz CT molecular complexity index is 287. The molecule has 1 fully saturated rings. The van der Waals surface area contributed by atoms with Gasteiger partial charge in [0.15, 0.2) is 0 Å². The zero-order valence-electron chi connectivity index (χ0n) is 10.7. The molecule has 15 heavy (non-hydrogen) atoms. The van der Waals surface area contributed by atoms with E-state index < -0.39 is 0 Å². The monoisotopic (exact) mass is 209 g/mol. The molecule has 0 N–H and O–H groups in total. The minimum absolute atomic E-state index is 0.189. The summed E-state index contributed by atoms with van der Waals surface area (Å²) in [6, 6.07) is 0. The Morgan fingerprint density at radius 3 is 2.33 bits per heavy atom. The lowest BCUT2D eigenvalue weighted by Crippen LogP contribution is -2.34. The molecule has 1 aliphatic heterocycles. The fraction of sp³-hybridized carbons (Fsp3) is 0.769. The predicted molar refractivity (Wildman–Crippen MR) is 63.3 cm³/mol. The van der Waals surface area contributed by atoms with Crippen LogP contribution in [0.1, 0.15) is 47.5 Å². The quantitative estimate of drug-likeness (QED) is 0.684. The van der Waals surface area contributed by atoms with Crippen LogP contribution in [-0.4, -0.2) is 17.4 Å². The van der Waals surface area contributed by atoms with Crippen molar-refractivity contribution in [2.75, 3.05) is 6.54 Å². The summed E-state index contributed by atoms with van der Waals surface area (Å²) in [4.78, 5) is 14.0. The lowest BCUT2D eigenvalue weighted by atomic mass is 9.74. The van der Waals surface area contributed by atoms with Gasteiger partial charge in [-0.2, -0.15) is 0 Å². The molecule has 2 heteroatoms. The van der Waals surface area contributed by atoms with E-state index in [0.29, 0.717) is 0 Å². The molecule has 2 nitrogen and oxygen atoms in total. The lowest BCUT2D eigenvalue weighted by Gasteiger charge is -2.30. The molecule has 1 aliphatic rings. The SMILES string of the molecule is C=C1CC(C)(CC(C)(C)C)C(=O)N1CC. The van der Waals surface area contributed by atoms with E-state index in [2.05, 4.69) is 34.3 Å². The standard InChI is InChI=1S/C13H23NO/c1-7-14-10(2)8-13(6,11(14)15)9-12(3,4)5/h2,7-9H2,1,3-6H3. The second-order valence-corrected chi connectivity index (χ2v) is 6.09. The van der Waals surface area contributed by atoms with Crippen molar-refractivity contribution in [2.24, 2.45) is 10.8 Å². The van der Waals surface area contributed by atoms with Gasteiger partial charge in [-0.3, -0.25) is 4.79 Å². The molecule has 1 unspecified atom stereocenters. The molecule has 0 saturated carbocycles. The van der Waals surface area contributed by atoms with E-state index in [4.69, 9.17) is 0 Å². The topological polar surface area (TPSA) is 20.3 Å². The number of hydrogen-bond donors (Lipinski definition) is 0. The zero-order chi connectivity index (χ0) is 11.9. The number of nitrogens with zero attached hydrogens (tertiary/aromatic N) is 1. The fourth-order valence-corrected chi connectivity index (χ4v) is 2.77. The Labute approximate surface area is 93.3 Å². The van der Waals surface area contributed by atoms with Crippen molar-refractivity contribution < 1.29 is 4.79 Å². The van der Waals surface area contributed by atoms with Crippen LogP contribution in [0, 0.1) is 10.8 Å². The van der Waals surface area contributed by atoms with Gasteiger partial charge in [0.1, 0.15) is 0 Å². The summed E-state index contributed by atoms with van der Waals surface area (Å²) < 4.78 is 0. The van der Waals surface area contributed by atoms with Crippen LogP contribution in [0.2, 0.25) is 0 Å². The maximum Gasteiger partial charge on any atom is 0.233 e. The van der Waals surface area contributed by atoms with Crippen molar-refractivity contribution in [1.29, 1.82) is 0 Å². The Morgan fingerprint density at radius 2 is 2.00 bits per heavy atom. The van der Waals surface area contributed by atoms with Crippen molar-refractivity contribution in [3.63, 3.8) is 0 Å². The van der Waals surface area contributed by atoms with Crippen molar-refractivity contribution in [3.05, 3.63) is 12.3 Å². The molecular weight excluding hydrogens is 186 g/mol. The number of amides is 1. The first-order chi connectivity index (χ1) is 6.69. The highest BCUT2D eigenvalue weighted by atomic mass is 16.2. The number of hydrogen-bond acceptors (Lipinski definition) is 1. The highest BCUT2D eigenvalue weighted by Crippen LogP contribution is 2.45. The minimum atomic E-state index is -0.231. The number of carbonyl (C=O) groups is 1. The van der Waals surface area contributed by atoms with E-state index in [9.17, 15) is 4.79 Å². The fourth-order valence-electron chi connectivity index (χ4n) is 2.77. The van der Waals surface area contributed by atoms with Crippen LogP contribution in [0.3, 0.4) is 0 Å². The average molecular weight is 209 g/mol. The maximum absolute atomic E-state index is 12.2. The van der Waals surface area contributed by atoms with Gasteiger partial charge in [-0.1, -0.05) is 34.3 Å². The predicted octanol–water partition coefficient (Wildman–Crippen LogP) is 3.19. The smallest absolute Gasteiger partial charge is 0.233 e. The van der Waals surface area contributed by atoms with Gasteiger partial charge in [0.2, 0.25) is 5.91 Å². The molecule has 0 bridgehead atoms. The number of allylic oxidation sites excluding steroid dienone is 1. The average Bonchev–Trinajstić information content (AvgIpc) is 2.19. The van der Waals surface area contributed by atoms with Crippen LogP contribution in [0.4, 0.5) is 0 Å². The summed E-state index contributed by atoms with van der Waals surface area (Å²) in [5.41, 5.74) is 0.939. The Kier molecular flexibility index (Phi) is 2.99. The molecule has 0 radical (unpaired) electrons. The molecule has 86 valence electrons. The molecule has 1 rings (SSSR count). The lowest BCUT2D eigenvalue weighted by molar-refractivity contribution is -0.135. The van der Waals surface area contributed by atoms with Crippen molar-refractivity contribution in [1.82, 2.24) is 4.90 Å². The third-order valence-corrected chi connectivity index (χ3v) is 2.97. The van der Waals surface area contributed by atoms with Crippen LogP contribution >= 0.6 is 0 Å². The van der Waals surface area contributed by atoms with E-state index in [1.54, 1.807) is 0 Å². The number of likely N-dealkylation sites (tertiary alicyclic amines) is 1. The number of carbonyl (C=O) groups excluding carboxylic acids is 1. The third-order valence-electron chi connectivity index (χ3n) is 2.97. The first-order valence-electron chi connectivity index (χ1n) is 5.69. The molecule has 0 aliphatic carbocycles. The molecule has 0 spiro atoms. The Morgan fingerprint density at radius 1 is 1.47 bits per heavy atom. The molecule has 0 aromatic carbocycles. The van der Waals surface area contributed by atoms with E-state index >= 15 is 0 Å². The summed E-state index contributed by atoms with van der Waals surface area (Å²) >= 11 is 0. The molecule has 1 atom stereocenters. The van der Waals surface area contributed by atoms with Crippen molar-refractivity contribution in [3.8, 4) is 0 Å². The number of rotatable bonds is 2. The summed E-state index contributed by atoms with van der Waals surface area (Å²) in [6.07, 6.45) is 1.74. The van der Waals surface area contributed by atoms with Gasteiger partial charge in [0.05, 0.1) is 5.41 Å². The van der Waals surface area contributed by atoms with E-state index in [1.165, 1.54) is 0 Å². The summed E-state index contributed by atoms with van der Waals surface area (Å²) in [5, 5.41) is 0. The van der Waals surface area contributed by atoms with E-state index in [1.807, 2.05) is 11.8 Å². The van der Waals surface area contributed by atoms with Gasteiger partial charge < -0.3 is 4.90 Å². The van der Waals surface area contributed by atoms with Crippen LogP contribution in [-0.2, 0) is 4.79 Å². The normalized spacial score (nSPS) is 27.7. The van der Waals surface area contributed by atoms with Gasteiger partial charge in [-0.05, 0) is 18.8 Å². The summed E-state index contributed by atoms with van der Waals surface area (Å²) in [6.45, 7) is 15.4. The third kappa shape index (κ3) is 2.42. The summed E-state index contributed by atoms with van der Waals surface area (Å²) in [5.74, 6) is 0.255. The van der Waals surface area contributed by atoms with Crippen LogP contribution in [0.15, 0.2) is 12.3 Å². The van der Waals surface area contributed by atoms with E-state index in [-0.39, 0.29) is 16.7 Å². The molecule has 1 heterocycles. The van der Waals surface area contributed by atoms with Gasteiger partial charge in [-0.15, -0.1) is 0 Å². The first-order valence-corrected chi connectivity index (χ1v) is 5.69. The first kappa shape index (κ1) is 12.3. The van der Waals surface area contributed by atoms with Gasteiger partial charge in [-0.25, -0.2) is 0 Å². The van der Waals surface area contributed by atoms with Crippen LogP contribution < -0.4 is 0 Å². The highest BCUT2D eigenvalue weighted by Gasteiger charge is 2.46. The second-order valence-electron chi connectivity index (χ2n) is 6.09. The molecule has 1 amide bonds. The Hall–Kier alpha value is -0.790. The summed E-state index contributed by atoms with van der Waals surface area (Å²) in [7, 11) is 0. The highest BCUT2D eigenvalue weighted by molar-refractivity contribution is 5.87. The van der Waals surface area contributed by atoms with Crippen molar-refractivity contribution >= 4 is 5.91 Å². The largest absolute Gasteiger partial charge is 0.317 e. The van der Waals surface area contributed by atoms with Crippen LogP contribution in [0.25, 0.3) is 0 Å². The molecular formula is C13H23NO. The molecule has 1 saturated heterocycles. The van der Waals surface area contributed by atoms with Gasteiger partial charge >= 0.3 is 0 Å². The molecule has 0 aromatic rings. The van der Waals surface area contributed by atoms with Gasteiger partial charge in [0.25, 0.3) is 0 Å². The Balaban J connectivity index is 2.89. The van der Waals surface area contributed by atoms with Crippen LogP contribution in [0.5, 0.6) is 0 Å². The maximum atomic E-state index is 12.2. The van der Waals surface area contributed by atoms with E-state index in [0.717, 1.165) is 25.1 Å². The second kappa shape index (κ2) is 3.66. The minimum Gasteiger partial charge on any atom is -0.317 e.